The highest BCUT2D eigenvalue weighted by Crippen LogP contribution is 2.46. The number of carbonyl (C=O) groups is 2. The number of carboxylic acid groups (broad SMARTS) is 1. The van der Waals surface area contributed by atoms with Crippen LogP contribution in [0.5, 0.6) is 11.5 Å². The molecule has 0 spiro atoms. The number of nitrogen functional groups attached to an aromatic ring is 1. The second kappa shape index (κ2) is 6.59. The van der Waals surface area contributed by atoms with E-state index in [4.69, 9.17) is 15.2 Å². The summed E-state index contributed by atoms with van der Waals surface area (Å²) in [6.45, 7) is 0. The van der Waals surface area contributed by atoms with Crippen LogP contribution in [0.3, 0.4) is 0 Å². The molecule has 0 fully saturated rings. The molecule has 0 aliphatic carbocycles. The minimum atomic E-state index is -1.05. The van der Waals surface area contributed by atoms with Crippen LogP contribution in [0.4, 0.5) is 5.69 Å². The molecule has 0 bridgehead atoms. The van der Waals surface area contributed by atoms with E-state index in [2.05, 4.69) is 0 Å². The minimum Gasteiger partial charge on any atom is -0.493 e. The highest BCUT2D eigenvalue weighted by Gasteiger charge is 2.44. The van der Waals surface area contributed by atoms with Crippen LogP contribution in [-0.4, -0.2) is 43.2 Å². The molecule has 0 saturated heterocycles. The average molecular weight is 356 g/mol. The predicted molar refractivity (Wildman–Crippen MR) is 95.6 cm³/mol. The minimum absolute atomic E-state index is 0.281. The van der Waals surface area contributed by atoms with Crippen LogP contribution in [-0.2, 0) is 4.79 Å². The van der Waals surface area contributed by atoms with E-state index in [1.54, 1.807) is 37.4 Å². The number of benzene rings is 2. The molecule has 1 amide bonds. The van der Waals surface area contributed by atoms with Crippen molar-refractivity contribution in [1.82, 2.24) is 4.90 Å². The molecular weight excluding hydrogens is 336 g/mol. The number of rotatable bonds is 4. The molecule has 26 heavy (non-hydrogen) atoms. The van der Waals surface area contributed by atoms with Crippen molar-refractivity contribution in [1.29, 1.82) is 0 Å². The highest BCUT2D eigenvalue weighted by molar-refractivity contribution is 6.01. The maximum Gasteiger partial charge on any atom is 0.313 e. The third kappa shape index (κ3) is 2.61. The van der Waals surface area contributed by atoms with Crippen molar-refractivity contribution >= 4 is 17.6 Å². The van der Waals surface area contributed by atoms with Gasteiger partial charge in [-0.2, -0.15) is 0 Å². The molecule has 136 valence electrons. The molecule has 0 unspecified atom stereocenters. The zero-order valence-corrected chi connectivity index (χ0v) is 14.7. The zero-order valence-electron chi connectivity index (χ0n) is 14.7. The molecule has 0 aromatic heterocycles. The van der Waals surface area contributed by atoms with Gasteiger partial charge in [0.1, 0.15) is 5.92 Å². The largest absolute Gasteiger partial charge is 0.493 e. The first-order valence-electron chi connectivity index (χ1n) is 8.01. The standard InChI is InChI=1S/C19H20N2O5/c1-21-17(10-6-4-5-7-13(10)20)16(19(23)24)11-8-14(25-2)15(26-3)9-12(11)18(21)22/h4-9,16-17H,20H2,1-3H3,(H,23,24)/t16-,17-/m1/s1. The van der Waals surface area contributed by atoms with E-state index >= 15 is 0 Å². The summed E-state index contributed by atoms with van der Waals surface area (Å²) in [5.74, 6) is -1.60. The first kappa shape index (κ1) is 17.6. The second-order valence-corrected chi connectivity index (χ2v) is 6.10. The van der Waals surface area contributed by atoms with Gasteiger partial charge in [0.15, 0.2) is 11.5 Å². The number of aliphatic carboxylic acids is 1. The van der Waals surface area contributed by atoms with Gasteiger partial charge < -0.3 is 25.2 Å². The molecule has 3 N–H and O–H groups in total. The molecule has 0 saturated carbocycles. The fourth-order valence-electron chi connectivity index (χ4n) is 3.48. The molecule has 0 radical (unpaired) electrons. The summed E-state index contributed by atoms with van der Waals surface area (Å²) in [6, 6.07) is 9.32. The number of fused-ring (bicyclic) bond motifs is 1. The molecule has 2 atom stereocenters. The van der Waals surface area contributed by atoms with Crippen molar-refractivity contribution in [2.75, 3.05) is 27.0 Å². The van der Waals surface area contributed by atoms with Crippen molar-refractivity contribution in [3.8, 4) is 11.5 Å². The lowest BCUT2D eigenvalue weighted by atomic mass is 9.79. The smallest absolute Gasteiger partial charge is 0.313 e. The van der Waals surface area contributed by atoms with E-state index in [1.807, 2.05) is 0 Å². The predicted octanol–water partition coefficient (Wildman–Crippen LogP) is 2.28. The zero-order chi connectivity index (χ0) is 19.0. The number of hydrogen-bond acceptors (Lipinski definition) is 5. The molecule has 1 aliphatic rings. The summed E-state index contributed by atoms with van der Waals surface area (Å²) < 4.78 is 10.5. The van der Waals surface area contributed by atoms with Gasteiger partial charge in [0.05, 0.1) is 20.3 Å². The number of likely N-dealkylation sites (N-methyl/N-ethyl adjacent to an activating group) is 1. The van der Waals surface area contributed by atoms with E-state index < -0.39 is 17.9 Å². The third-order valence-electron chi connectivity index (χ3n) is 4.76. The van der Waals surface area contributed by atoms with Crippen LogP contribution in [0.25, 0.3) is 0 Å². The van der Waals surface area contributed by atoms with Gasteiger partial charge >= 0.3 is 5.97 Å². The Balaban J connectivity index is 2.27. The summed E-state index contributed by atoms with van der Waals surface area (Å²) >= 11 is 0. The Labute approximate surface area is 150 Å². The molecule has 7 heteroatoms. The quantitative estimate of drug-likeness (QED) is 0.815. The van der Waals surface area contributed by atoms with Gasteiger partial charge in [0, 0.05) is 18.3 Å². The summed E-state index contributed by atoms with van der Waals surface area (Å²) in [7, 11) is 4.50. The van der Waals surface area contributed by atoms with Crippen LogP contribution < -0.4 is 15.2 Å². The number of amides is 1. The van der Waals surface area contributed by atoms with Crippen molar-refractivity contribution < 1.29 is 24.2 Å². The summed E-state index contributed by atoms with van der Waals surface area (Å²) in [5.41, 5.74) is 7.76. The van der Waals surface area contributed by atoms with Gasteiger partial charge in [-0.3, -0.25) is 9.59 Å². The molecule has 2 aromatic carbocycles. The summed E-state index contributed by atoms with van der Waals surface area (Å²) in [4.78, 5) is 26.5. The van der Waals surface area contributed by atoms with Crippen LogP contribution in [0, 0.1) is 0 Å². The average Bonchev–Trinajstić information content (AvgIpc) is 2.63. The van der Waals surface area contributed by atoms with Crippen LogP contribution in [0.2, 0.25) is 0 Å². The first-order valence-corrected chi connectivity index (χ1v) is 8.01. The number of para-hydroxylation sites is 1. The summed E-state index contributed by atoms with van der Waals surface area (Å²) in [6.07, 6.45) is 0. The first-order chi connectivity index (χ1) is 12.4. The maximum absolute atomic E-state index is 12.9. The highest BCUT2D eigenvalue weighted by atomic mass is 16.5. The second-order valence-electron chi connectivity index (χ2n) is 6.10. The van der Waals surface area contributed by atoms with Crippen LogP contribution in [0.1, 0.15) is 33.4 Å². The Morgan fingerprint density at radius 1 is 1.12 bits per heavy atom. The van der Waals surface area contributed by atoms with Gasteiger partial charge in [-0.15, -0.1) is 0 Å². The molecule has 7 nitrogen and oxygen atoms in total. The Hall–Kier alpha value is -3.22. The Morgan fingerprint density at radius 2 is 1.73 bits per heavy atom. The van der Waals surface area contributed by atoms with Crippen LogP contribution in [0.15, 0.2) is 36.4 Å². The molecule has 3 rings (SSSR count). The number of ether oxygens (including phenoxy) is 2. The Morgan fingerprint density at radius 3 is 2.31 bits per heavy atom. The third-order valence-corrected chi connectivity index (χ3v) is 4.76. The SMILES string of the molecule is COc1cc2c(cc1OC)[C@@H](C(=O)O)[C@@H](c1ccccc1N)N(C)C2=O. The van der Waals surface area contributed by atoms with Crippen molar-refractivity contribution in [2.45, 2.75) is 12.0 Å². The van der Waals surface area contributed by atoms with E-state index in [0.29, 0.717) is 28.3 Å². The lowest BCUT2D eigenvalue weighted by Gasteiger charge is -2.39. The van der Waals surface area contributed by atoms with E-state index in [0.717, 1.165) is 0 Å². The van der Waals surface area contributed by atoms with Gasteiger partial charge in [0.2, 0.25) is 0 Å². The van der Waals surface area contributed by atoms with Gasteiger partial charge in [0.25, 0.3) is 5.91 Å². The van der Waals surface area contributed by atoms with Crippen molar-refractivity contribution in [3.05, 3.63) is 53.1 Å². The van der Waals surface area contributed by atoms with Gasteiger partial charge in [-0.1, -0.05) is 18.2 Å². The Kier molecular flexibility index (Phi) is 4.46. The number of anilines is 1. The van der Waals surface area contributed by atoms with E-state index in [-0.39, 0.29) is 11.5 Å². The van der Waals surface area contributed by atoms with Crippen molar-refractivity contribution in [3.63, 3.8) is 0 Å². The number of nitrogens with two attached hydrogens (primary N) is 1. The van der Waals surface area contributed by atoms with Gasteiger partial charge in [-0.05, 0) is 29.3 Å². The maximum atomic E-state index is 12.9. The fourth-order valence-corrected chi connectivity index (χ4v) is 3.48. The van der Waals surface area contributed by atoms with Gasteiger partial charge in [-0.25, -0.2) is 0 Å². The topological polar surface area (TPSA) is 102 Å². The van der Waals surface area contributed by atoms with Crippen molar-refractivity contribution in [2.24, 2.45) is 0 Å². The Bertz CT molecular complexity index is 880. The number of methoxy groups -OCH3 is 2. The van der Waals surface area contributed by atoms with E-state index in [9.17, 15) is 14.7 Å². The number of carboxylic acids is 1. The molecule has 2 aromatic rings. The molecule has 1 heterocycles. The number of hydrogen-bond donors (Lipinski definition) is 2. The lowest BCUT2D eigenvalue weighted by molar-refractivity contribution is -0.140. The molecule has 1 aliphatic heterocycles. The monoisotopic (exact) mass is 356 g/mol. The number of carbonyl (C=O) groups excluding carboxylic acids is 1. The summed E-state index contributed by atoms with van der Waals surface area (Å²) in [5, 5.41) is 9.95. The van der Waals surface area contributed by atoms with Crippen LogP contribution >= 0.6 is 0 Å². The van der Waals surface area contributed by atoms with E-state index in [1.165, 1.54) is 25.2 Å². The molecular formula is C19H20N2O5. The lowest BCUT2D eigenvalue weighted by Crippen LogP contribution is -2.42. The fraction of sp³-hybridized carbons (Fsp3) is 0.263. The normalized spacial score (nSPS) is 19.0. The number of nitrogens with zero attached hydrogens (tertiary/aromatic N) is 1.